The first-order valence-electron chi connectivity index (χ1n) is 7.29. The zero-order valence-corrected chi connectivity index (χ0v) is 13.8. The van der Waals surface area contributed by atoms with Crippen LogP contribution in [0, 0.1) is 6.92 Å². The van der Waals surface area contributed by atoms with Crippen molar-refractivity contribution in [1.29, 1.82) is 0 Å². The SMILES string of the molecule is CCCNC(=O)Nc1cc(C)c2nc(NC(=O)CC)sc2c1. The van der Waals surface area contributed by atoms with Gasteiger partial charge in [-0.1, -0.05) is 25.2 Å². The summed E-state index contributed by atoms with van der Waals surface area (Å²) in [6.45, 7) is 6.37. The van der Waals surface area contributed by atoms with E-state index in [9.17, 15) is 9.59 Å². The third kappa shape index (κ3) is 3.94. The minimum absolute atomic E-state index is 0.0611. The number of hydrogen-bond donors (Lipinski definition) is 3. The molecule has 0 saturated carbocycles. The van der Waals surface area contributed by atoms with Crippen molar-refractivity contribution in [1.82, 2.24) is 10.3 Å². The van der Waals surface area contributed by atoms with Gasteiger partial charge in [-0.3, -0.25) is 4.79 Å². The molecule has 118 valence electrons. The van der Waals surface area contributed by atoms with E-state index in [0.29, 0.717) is 18.1 Å². The molecular weight excluding hydrogens is 300 g/mol. The van der Waals surface area contributed by atoms with E-state index in [4.69, 9.17) is 0 Å². The van der Waals surface area contributed by atoms with Crippen molar-refractivity contribution in [2.24, 2.45) is 0 Å². The second-order valence-electron chi connectivity index (χ2n) is 4.94. The number of nitrogens with zero attached hydrogens (tertiary/aromatic N) is 1. The summed E-state index contributed by atoms with van der Waals surface area (Å²) < 4.78 is 0.928. The number of nitrogens with one attached hydrogen (secondary N) is 3. The molecule has 7 heteroatoms. The summed E-state index contributed by atoms with van der Waals surface area (Å²) in [7, 11) is 0. The Morgan fingerprint density at radius 3 is 2.68 bits per heavy atom. The van der Waals surface area contributed by atoms with E-state index in [0.717, 1.165) is 27.9 Å². The highest BCUT2D eigenvalue weighted by Crippen LogP contribution is 2.31. The van der Waals surface area contributed by atoms with E-state index >= 15 is 0 Å². The van der Waals surface area contributed by atoms with Crippen LogP contribution in [0.2, 0.25) is 0 Å². The lowest BCUT2D eigenvalue weighted by molar-refractivity contribution is -0.115. The molecule has 0 fully saturated rings. The van der Waals surface area contributed by atoms with Gasteiger partial charge in [-0.2, -0.15) is 0 Å². The Morgan fingerprint density at radius 1 is 1.23 bits per heavy atom. The standard InChI is InChI=1S/C15H20N4O2S/c1-4-6-16-14(21)17-10-7-9(3)13-11(8-10)22-15(19-13)18-12(20)5-2/h7-8H,4-6H2,1-3H3,(H2,16,17,21)(H,18,19,20). The maximum absolute atomic E-state index is 11.7. The summed E-state index contributed by atoms with van der Waals surface area (Å²) in [6.07, 6.45) is 1.31. The van der Waals surface area contributed by atoms with Gasteiger partial charge in [-0.05, 0) is 31.0 Å². The molecule has 22 heavy (non-hydrogen) atoms. The smallest absolute Gasteiger partial charge is 0.319 e. The Labute approximate surface area is 133 Å². The molecular formula is C15H20N4O2S. The summed E-state index contributed by atoms with van der Waals surface area (Å²) in [4.78, 5) is 27.6. The third-order valence-electron chi connectivity index (χ3n) is 3.05. The highest BCUT2D eigenvalue weighted by molar-refractivity contribution is 7.22. The molecule has 0 spiro atoms. The van der Waals surface area contributed by atoms with Crippen LogP contribution in [0.3, 0.4) is 0 Å². The molecule has 0 aliphatic carbocycles. The van der Waals surface area contributed by atoms with E-state index in [1.807, 2.05) is 26.0 Å². The number of urea groups is 1. The van der Waals surface area contributed by atoms with Gasteiger partial charge in [0.15, 0.2) is 5.13 Å². The van der Waals surface area contributed by atoms with Crippen LogP contribution in [0.5, 0.6) is 0 Å². The topological polar surface area (TPSA) is 83.1 Å². The van der Waals surface area contributed by atoms with Gasteiger partial charge in [0, 0.05) is 18.7 Å². The van der Waals surface area contributed by atoms with Crippen LogP contribution in [0.1, 0.15) is 32.3 Å². The second kappa shape index (κ2) is 7.22. The summed E-state index contributed by atoms with van der Waals surface area (Å²) in [5.74, 6) is -0.0611. The number of thiazole rings is 1. The summed E-state index contributed by atoms with van der Waals surface area (Å²) >= 11 is 1.40. The maximum Gasteiger partial charge on any atom is 0.319 e. The summed E-state index contributed by atoms with van der Waals surface area (Å²) in [5.41, 5.74) is 2.52. The van der Waals surface area contributed by atoms with Gasteiger partial charge < -0.3 is 16.0 Å². The zero-order chi connectivity index (χ0) is 16.1. The fourth-order valence-electron chi connectivity index (χ4n) is 1.94. The van der Waals surface area contributed by atoms with E-state index in [1.165, 1.54) is 11.3 Å². The van der Waals surface area contributed by atoms with E-state index in [-0.39, 0.29) is 11.9 Å². The minimum Gasteiger partial charge on any atom is -0.338 e. The van der Waals surface area contributed by atoms with Crippen LogP contribution in [-0.4, -0.2) is 23.5 Å². The van der Waals surface area contributed by atoms with Gasteiger partial charge in [0.05, 0.1) is 10.2 Å². The number of rotatable bonds is 5. The predicted octanol–water partition coefficient (Wildman–Crippen LogP) is 3.48. The lowest BCUT2D eigenvalue weighted by Crippen LogP contribution is -2.29. The quantitative estimate of drug-likeness (QED) is 0.788. The van der Waals surface area contributed by atoms with Crippen LogP contribution < -0.4 is 16.0 Å². The molecule has 2 rings (SSSR count). The van der Waals surface area contributed by atoms with E-state index < -0.39 is 0 Å². The first kappa shape index (κ1) is 16.2. The number of benzene rings is 1. The van der Waals surface area contributed by atoms with Crippen molar-refractivity contribution in [3.63, 3.8) is 0 Å². The lowest BCUT2D eigenvalue weighted by Gasteiger charge is -2.07. The van der Waals surface area contributed by atoms with Crippen molar-refractivity contribution in [3.05, 3.63) is 17.7 Å². The van der Waals surface area contributed by atoms with Gasteiger partial charge in [0.2, 0.25) is 5.91 Å². The zero-order valence-electron chi connectivity index (χ0n) is 12.9. The van der Waals surface area contributed by atoms with Gasteiger partial charge in [-0.15, -0.1) is 0 Å². The average molecular weight is 320 g/mol. The fraction of sp³-hybridized carbons (Fsp3) is 0.400. The number of fused-ring (bicyclic) bond motifs is 1. The van der Waals surface area contributed by atoms with Gasteiger partial charge in [0.25, 0.3) is 0 Å². The molecule has 0 aliphatic heterocycles. The van der Waals surface area contributed by atoms with Crippen LogP contribution in [0.25, 0.3) is 10.2 Å². The average Bonchev–Trinajstić information content (AvgIpc) is 2.87. The number of anilines is 2. The molecule has 0 radical (unpaired) electrons. The Hall–Kier alpha value is -2.15. The molecule has 1 aromatic carbocycles. The van der Waals surface area contributed by atoms with Crippen LogP contribution in [0.4, 0.5) is 15.6 Å². The number of hydrogen-bond acceptors (Lipinski definition) is 4. The van der Waals surface area contributed by atoms with Gasteiger partial charge in [-0.25, -0.2) is 9.78 Å². The summed E-state index contributed by atoms with van der Waals surface area (Å²) in [5, 5.41) is 8.93. The normalized spacial score (nSPS) is 10.5. The van der Waals surface area contributed by atoms with Crippen LogP contribution in [-0.2, 0) is 4.79 Å². The number of amides is 3. The van der Waals surface area contributed by atoms with Crippen LogP contribution >= 0.6 is 11.3 Å². The number of carbonyl (C=O) groups excluding carboxylic acids is 2. The lowest BCUT2D eigenvalue weighted by atomic mass is 10.2. The van der Waals surface area contributed by atoms with Crippen LogP contribution in [0.15, 0.2) is 12.1 Å². The molecule has 1 heterocycles. The molecule has 0 unspecified atom stereocenters. The molecule has 1 aromatic heterocycles. The molecule has 2 aromatic rings. The molecule has 3 amide bonds. The first-order chi connectivity index (χ1) is 10.5. The minimum atomic E-state index is -0.218. The first-order valence-corrected chi connectivity index (χ1v) is 8.11. The van der Waals surface area contributed by atoms with Crippen molar-refractivity contribution >= 4 is 44.3 Å². The molecule has 6 nitrogen and oxygen atoms in total. The Kier molecular flexibility index (Phi) is 5.32. The largest absolute Gasteiger partial charge is 0.338 e. The van der Waals surface area contributed by atoms with Crippen molar-refractivity contribution in [2.45, 2.75) is 33.6 Å². The fourth-order valence-corrected chi connectivity index (χ4v) is 2.94. The monoisotopic (exact) mass is 320 g/mol. The highest BCUT2D eigenvalue weighted by atomic mass is 32.1. The van der Waals surface area contributed by atoms with Gasteiger partial charge in [0.1, 0.15) is 0 Å². The Balaban J connectivity index is 2.20. The molecule has 0 aliphatic rings. The molecule has 0 atom stereocenters. The molecule has 0 bridgehead atoms. The van der Waals surface area contributed by atoms with E-state index in [2.05, 4.69) is 20.9 Å². The number of aryl methyl sites for hydroxylation is 1. The maximum atomic E-state index is 11.7. The number of carbonyl (C=O) groups is 2. The Morgan fingerprint density at radius 2 is 2.00 bits per heavy atom. The van der Waals surface area contributed by atoms with E-state index in [1.54, 1.807) is 6.92 Å². The second-order valence-corrected chi connectivity index (χ2v) is 5.97. The van der Waals surface area contributed by atoms with Crippen molar-refractivity contribution in [2.75, 3.05) is 17.2 Å². The summed E-state index contributed by atoms with van der Waals surface area (Å²) in [6, 6.07) is 3.52. The Bertz CT molecular complexity index is 696. The molecule has 3 N–H and O–H groups in total. The third-order valence-corrected chi connectivity index (χ3v) is 3.96. The molecule has 0 saturated heterocycles. The van der Waals surface area contributed by atoms with Crippen molar-refractivity contribution < 1.29 is 9.59 Å². The van der Waals surface area contributed by atoms with Gasteiger partial charge >= 0.3 is 6.03 Å². The highest BCUT2D eigenvalue weighted by Gasteiger charge is 2.11. The number of aromatic nitrogens is 1. The predicted molar refractivity (Wildman–Crippen MR) is 90.6 cm³/mol. The van der Waals surface area contributed by atoms with Crippen molar-refractivity contribution in [3.8, 4) is 0 Å².